The Morgan fingerprint density at radius 2 is 1.73 bits per heavy atom. The van der Waals surface area contributed by atoms with Crippen LogP contribution in [0, 0.1) is 23.5 Å². The van der Waals surface area contributed by atoms with Crippen molar-refractivity contribution in [2.45, 2.75) is 50.9 Å². The van der Waals surface area contributed by atoms with Crippen LogP contribution in [0.25, 0.3) is 32.4 Å². The molecule has 1 aliphatic heterocycles. The van der Waals surface area contributed by atoms with Gasteiger partial charge < -0.3 is 15.1 Å². The molecule has 5 heterocycles. The number of benzene rings is 2. The number of fused-ring (bicyclic) bond motifs is 5. The van der Waals surface area contributed by atoms with Gasteiger partial charge in [-0.1, -0.05) is 37.3 Å². The molecular weight excluding hydrogens is 866 g/mol. The van der Waals surface area contributed by atoms with Crippen molar-refractivity contribution in [3.05, 3.63) is 82.3 Å². The highest BCUT2D eigenvalue weighted by molar-refractivity contribution is 7.92. The van der Waals surface area contributed by atoms with Crippen molar-refractivity contribution in [3.8, 4) is 11.1 Å². The zero-order valence-corrected chi connectivity index (χ0v) is 35.2. The van der Waals surface area contributed by atoms with Crippen molar-refractivity contribution in [2.24, 2.45) is 18.9 Å². The van der Waals surface area contributed by atoms with Crippen molar-refractivity contribution >= 4 is 59.5 Å². The van der Waals surface area contributed by atoms with E-state index >= 15 is 8.78 Å². The molecular formula is C40H39F7N10O3S2. The second-order valence-corrected chi connectivity index (χ2v) is 18.9. The van der Waals surface area contributed by atoms with E-state index in [1.807, 2.05) is 0 Å². The normalized spacial score (nSPS) is 20.4. The van der Waals surface area contributed by atoms with Gasteiger partial charge in [-0.05, 0) is 48.7 Å². The highest BCUT2D eigenvalue weighted by Crippen LogP contribution is 2.71. The number of rotatable bonds is 11. The maximum Gasteiger partial charge on any atom is 0.435 e. The number of carbonyl (C=O) groups excluding carboxylic acids is 1. The molecule has 9 rings (SSSR count). The van der Waals surface area contributed by atoms with Gasteiger partial charge in [-0.2, -0.15) is 37.1 Å². The molecule has 1 saturated heterocycles. The molecule has 2 aromatic carbocycles. The second kappa shape index (κ2) is 14.9. The Bertz CT molecular complexity index is 2870. The number of pyridine rings is 1. The SMILES string of the molecule is CCN1CCN(c2nc3nc([C@H](Cc4cc(F)cc(F)c4)NC(=O)Cn4nc(C(F)(F)F)c5c4C(F)(F)[C@H]4[C@H](C)[C@H]54)c(-c4cccc5c(NS(C)(=O)=O)nn(C)c45)cc3s2)CC1. The van der Waals surface area contributed by atoms with Crippen molar-refractivity contribution in [2.75, 3.05) is 48.6 Å². The lowest BCUT2D eigenvalue weighted by Gasteiger charge is -2.33. The number of carbonyl (C=O) groups is 1. The molecule has 2 aliphatic carbocycles. The summed E-state index contributed by atoms with van der Waals surface area (Å²) < 4.78 is 133. The second-order valence-electron chi connectivity index (χ2n) is 16.1. The predicted molar refractivity (Wildman–Crippen MR) is 217 cm³/mol. The zero-order valence-electron chi connectivity index (χ0n) is 33.6. The van der Waals surface area contributed by atoms with Gasteiger partial charge in [0.05, 0.1) is 28.2 Å². The summed E-state index contributed by atoms with van der Waals surface area (Å²) in [5.41, 5.74) is -1.37. The first-order valence-electron chi connectivity index (χ1n) is 19.7. The van der Waals surface area contributed by atoms with E-state index in [9.17, 15) is 35.2 Å². The quantitative estimate of drug-likeness (QED) is 0.134. The van der Waals surface area contributed by atoms with Crippen LogP contribution in [0.15, 0.2) is 42.5 Å². The topological polar surface area (TPSA) is 143 Å². The molecule has 2 N–H and O–H groups in total. The van der Waals surface area contributed by atoms with Gasteiger partial charge in [-0.3, -0.25) is 18.9 Å². The number of aryl methyl sites for hydroxylation is 1. The van der Waals surface area contributed by atoms with E-state index in [0.717, 1.165) is 38.0 Å². The summed E-state index contributed by atoms with van der Waals surface area (Å²) >= 11 is 1.37. The van der Waals surface area contributed by atoms with Crippen LogP contribution in [0.5, 0.6) is 0 Å². The van der Waals surface area contributed by atoms with Crippen LogP contribution in [0.4, 0.5) is 41.7 Å². The minimum Gasteiger partial charge on any atom is -0.346 e. The molecule has 4 atom stereocenters. The van der Waals surface area contributed by atoms with Gasteiger partial charge in [0.2, 0.25) is 15.9 Å². The summed E-state index contributed by atoms with van der Waals surface area (Å²) in [6.07, 6.45) is -4.42. The Hall–Kier alpha value is -5.35. The number of thiazole rings is 1. The van der Waals surface area contributed by atoms with E-state index in [-0.39, 0.29) is 29.1 Å². The lowest BCUT2D eigenvalue weighted by Crippen LogP contribution is -2.46. The first-order valence-corrected chi connectivity index (χ1v) is 22.5. The molecule has 0 bridgehead atoms. The standard InChI is InChI=1S/C40H39F7N10O3S2/c1-5-55-9-11-56(12-10-55)38-50-37-27(61-38)17-25(23-7-6-8-24-33(23)54(3)52-36(24)53-62(4,59)60)32(49-37)26(15-20-13-21(41)16-22(42)14-20)48-28(58)18-57-35-30(34(51-57)40(45,46)47)29-19(2)31(29)39(35,43)44/h6-8,13-14,16-17,19,26,29,31H,5,9-12,15,18H2,1-4H3,(H,48,58)(H,52,53)/t19-,26+,29-,31+/m1/s1. The summed E-state index contributed by atoms with van der Waals surface area (Å²) in [5.74, 6) is -9.68. The number of sulfonamides is 1. The monoisotopic (exact) mass is 904 g/mol. The molecule has 62 heavy (non-hydrogen) atoms. The van der Waals surface area contributed by atoms with Crippen LogP contribution in [-0.4, -0.2) is 87.7 Å². The number of para-hydroxylation sites is 1. The Kier molecular flexibility index (Phi) is 10.1. The fraction of sp³-hybridized carbons (Fsp3) is 0.425. The third kappa shape index (κ3) is 7.41. The molecule has 0 unspecified atom stereocenters. The van der Waals surface area contributed by atoms with Crippen molar-refractivity contribution in [1.82, 2.24) is 39.7 Å². The summed E-state index contributed by atoms with van der Waals surface area (Å²) in [4.78, 5) is 28.4. The number of nitrogens with zero attached hydrogens (tertiary/aromatic N) is 8. The fourth-order valence-corrected chi connectivity index (χ4v) is 10.7. The maximum atomic E-state index is 15.7. The molecule has 22 heteroatoms. The van der Waals surface area contributed by atoms with E-state index < -0.39 is 87.0 Å². The first-order chi connectivity index (χ1) is 29.2. The Labute approximate surface area is 354 Å². The number of piperazine rings is 1. The molecule has 2 fully saturated rings. The van der Waals surface area contributed by atoms with Crippen LogP contribution < -0.4 is 14.9 Å². The number of nitrogens with one attached hydrogen (secondary N) is 2. The van der Waals surface area contributed by atoms with E-state index in [1.54, 1.807) is 31.3 Å². The molecule has 328 valence electrons. The molecule has 6 aromatic rings. The van der Waals surface area contributed by atoms with Gasteiger partial charge in [0.1, 0.15) is 23.9 Å². The van der Waals surface area contributed by atoms with E-state index in [4.69, 9.17) is 9.97 Å². The van der Waals surface area contributed by atoms with E-state index in [2.05, 4.69) is 37.0 Å². The summed E-state index contributed by atoms with van der Waals surface area (Å²) in [6, 6.07) is 8.26. The maximum absolute atomic E-state index is 15.7. The number of likely N-dealkylation sites (N-methyl/N-ethyl adjacent to an activating group) is 1. The lowest BCUT2D eigenvalue weighted by molar-refractivity contribution is -0.142. The smallest absolute Gasteiger partial charge is 0.346 e. The Morgan fingerprint density at radius 1 is 1.02 bits per heavy atom. The fourth-order valence-electron chi connectivity index (χ4n) is 9.19. The minimum atomic E-state index is -5.07. The van der Waals surface area contributed by atoms with Gasteiger partial charge in [-0.25, -0.2) is 22.2 Å². The van der Waals surface area contributed by atoms with Crippen LogP contribution in [0.1, 0.15) is 54.0 Å². The van der Waals surface area contributed by atoms with Crippen molar-refractivity contribution in [3.63, 3.8) is 0 Å². The number of amides is 1. The van der Waals surface area contributed by atoms with Crippen molar-refractivity contribution in [1.29, 1.82) is 0 Å². The largest absolute Gasteiger partial charge is 0.435 e. The highest BCUT2D eigenvalue weighted by atomic mass is 32.2. The molecule has 1 amide bonds. The average molecular weight is 905 g/mol. The third-order valence-electron chi connectivity index (χ3n) is 12.0. The molecule has 13 nitrogen and oxygen atoms in total. The van der Waals surface area contributed by atoms with E-state index in [0.29, 0.717) is 55.7 Å². The third-order valence-corrected chi connectivity index (χ3v) is 13.6. The summed E-state index contributed by atoms with van der Waals surface area (Å²) in [7, 11) is -2.18. The summed E-state index contributed by atoms with van der Waals surface area (Å²) in [5, 5.41) is 11.7. The number of anilines is 2. The molecule has 1 saturated carbocycles. The van der Waals surface area contributed by atoms with Crippen LogP contribution in [-0.2, 0) is 46.9 Å². The van der Waals surface area contributed by atoms with Gasteiger partial charge in [-0.15, -0.1) is 0 Å². The predicted octanol–water partition coefficient (Wildman–Crippen LogP) is 6.81. The van der Waals surface area contributed by atoms with E-state index in [1.165, 1.54) is 22.9 Å². The molecule has 3 aliphatic rings. The van der Waals surface area contributed by atoms with Crippen LogP contribution in [0.2, 0.25) is 0 Å². The van der Waals surface area contributed by atoms with Gasteiger partial charge in [0.15, 0.2) is 22.3 Å². The summed E-state index contributed by atoms with van der Waals surface area (Å²) in [6.45, 7) is 6.35. The molecule has 4 aromatic heterocycles. The molecule has 0 radical (unpaired) electrons. The van der Waals surface area contributed by atoms with Gasteiger partial charge in [0.25, 0.3) is 5.92 Å². The van der Waals surface area contributed by atoms with Gasteiger partial charge in [0, 0.05) is 73.2 Å². The number of hydrogen-bond acceptors (Lipinski definition) is 10. The van der Waals surface area contributed by atoms with Crippen LogP contribution >= 0.6 is 11.3 Å². The number of aromatic nitrogens is 6. The number of hydrogen-bond donors (Lipinski definition) is 2. The van der Waals surface area contributed by atoms with Crippen molar-refractivity contribution < 1.29 is 43.9 Å². The zero-order chi connectivity index (χ0) is 44.2. The van der Waals surface area contributed by atoms with Gasteiger partial charge >= 0.3 is 6.18 Å². The Morgan fingerprint density at radius 3 is 2.39 bits per heavy atom. The lowest BCUT2D eigenvalue weighted by atomic mass is 9.94. The number of alkyl halides is 5. The Balaban J connectivity index is 1.19. The van der Waals surface area contributed by atoms with Crippen LogP contribution in [0.3, 0.4) is 0 Å². The highest BCUT2D eigenvalue weighted by Gasteiger charge is 2.72. The first kappa shape index (κ1) is 42.0. The molecule has 0 spiro atoms. The minimum absolute atomic E-state index is 0.0302. The average Bonchev–Trinajstić information content (AvgIpc) is 3.51. The number of halogens is 7.